The average Bonchev–Trinajstić information content (AvgIpc) is 3.08. The summed E-state index contributed by atoms with van der Waals surface area (Å²) in [7, 11) is 1.67. The quantitative estimate of drug-likeness (QED) is 0.0971. The number of carbonyl (C=O) groups is 1. The molecule has 50 heavy (non-hydrogen) atoms. The van der Waals surface area contributed by atoms with Crippen molar-refractivity contribution < 1.29 is 34.3 Å². The molecule has 3 aliphatic heterocycles. The second-order valence-corrected chi connectivity index (χ2v) is 15.9. The summed E-state index contributed by atoms with van der Waals surface area (Å²) in [5.74, 6) is 0.131. The number of hydrogen-bond donors (Lipinski definition) is 4. The summed E-state index contributed by atoms with van der Waals surface area (Å²) in [6, 6.07) is 0. The number of ether oxygens (including phenoxy) is 3. The zero-order chi connectivity index (χ0) is 37.2. The van der Waals surface area contributed by atoms with Crippen LogP contribution in [0.3, 0.4) is 0 Å². The van der Waals surface area contributed by atoms with Crippen LogP contribution in [0.1, 0.15) is 114 Å². The van der Waals surface area contributed by atoms with Gasteiger partial charge in [-0.2, -0.15) is 0 Å². The standard InChI is InChI=1S/C42H69NO7/c1-11-34-25-32(7)42(43-40(34)47)31(6)24-30(5)38(49-42)26-37(46)28(3)19-15-12-14-18-27(2)35(44)20-16-13-17-21-36(45)33(8)39-29(4)22-23-41(9,48-10)50-39/h12-14,16-18,21,24,28-30,32-39,44-46H,11,15,19-20,22-23,25-26H2,1-10H3,(H,43,47)/b14-12+,16-13+,21-17+,27-18+. The summed E-state index contributed by atoms with van der Waals surface area (Å²) >= 11 is 0. The van der Waals surface area contributed by atoms with Gasteiger partial charge in [0.25, 0.3) is 0 Å². The highest BCUT2D eigenvalue weighted by molar-refractivity contribution is 5.81. The second-order valence-electron chi connectivity index (χ2n) is 15.9. The Hall–Kier alpha value is -2.07. The van der Waals surface area contributed by atoms with Crippen LogP contribution < -0.4 is 5.32 Å². The van der Waals surface area contributed by atoms with Crippen LogP contribution in [0.5, 0.6) is 0 Å². The van der Waals surface area contributed by atoms with E-state index in [0.717, 1.165) is 49.7 Å². The number of hydrogen-bond acceptors (Lipinski definition) is 7. The van der Waals surface area contributed by atoms with Crippen molar-refractivity contribution in [3.63, 3.8) is 0 Å². The summed E-state index contributed by atoms with van der Waals surface area (Å²) in [6.45, 7) is 18.5. The fourth-order valence-electron chi connectivity index (χ4n) is 7.78. The van der Waals surface area contributed by atoms with E-state index in [1.807, 2.05) is 58.1 Å². The van der Waals surface area contributed by atoms with E-state index >= 15 is 0 Å². The molecule has 1 spiro atoms. The molecule has 13 atom stereocenters. The molecule has 3 aliphatic rings. The predicted octanol–water partition coefficient (Wildman–Crippen LogP) is 7.55. The molecule has 0 aromatic rings. The largest absolute Gasteiger partial charge is 0.393 e. The summed E-state index contributed by atoms with van der Waals surface area (Å²) in [5, 5.41) is 35.7. The van der Waals surface area contributed by atoms with Crippen LogP contribution in [0, 0.1) is 35.5 Å². The number of nitrogens with one attached hydrogen (secondary N) is 1. The third kappa shape index (κ3) is 11.0. The molecule has 0 radical (unpaired) electrons. The maximum Gasteiger partial charge on any atom is 0.225 e. The topological polar surface area (TPSA) is 117 Å². The first-order valence-electron chi connectivity index (χ1n) is 19.2. The molecule has 0 aliphatic carbocycles. The fraction of sp³-hybridized carbons (Fsp3) is 0.738. The Morgan fingerprint density at radius 3 is 2.52 bits per heavy atom. The first-order valence-corrected chi connectivity index (χ1v) is 19.2. The Balaban J connectivity index is 1.41. The Morgan fingerprint density at radius 1 is 1.12 bits per heavy atom. The number of piperidine rings is 1. The highest BCUT2D eigenvalue weighted by atomic mass is 16.7. The molecule has 0 bridgehead atoms. The summed E-state index contributed by atoms with van der Waals surface area (Å²) in [6.07, 6.45) is 19.7. The maximum atomic E-state index is 12.8. The molecule has 1 amide bonds. The Kier molecular flexibility index (Phi) is 16.2. The molecule has 3 heterocycles. The van der Waals surface area contributed by atoms with Crippen LogP contribution in [0.25, 0.3) is 0 Å². The number of methoxy groups -OCH3 is 1. The second kappa shape index (κ2) is 19.1. The number of allylic oxidation sites excluding steroid dienone is 5. The lowest BCUT2D eigenvalue weighted by Gasteiger charge is -2.51. The van der Waals surface area contributed by atoms with Gasteiger partial charge in [0.15, 0.2) is 11.5 Å². The Bertz CT molecular complexity index is 1240. The van der Waals surface area contributed by atoms with E-state index < -0.39 is 29.8 Å². The van der Waals surface area contributed by atoms with E-state index in [4.69, 9.17) is 14.2 Å². The molecule has 4 N–H and O–H groups in total. The van der Waals surface area contributed by atoms with E-state index in [-0.39, 0.29) is 47.7 Å². The SMILES string of the molecule is CCC1CC(C)C2(NC1=O)OC(CC(O)C(C)CC/C=C/C=C(\C)C(O)C/C=C/C=C/C(O)C(C)C1OC(C)(OC)CCC1C)C(C)C=C2C. The molecule has 2 fully saturated rings. The van der Waals surface area contributed by atoms with E-state index in [1.165, 1.54) is 0 Å². The molecule has 284 valence electrons. The molecule has 0 aromatic heterocycles. The van der Waals surface area contributed by atoms with Crippen LogP contribution in [-0.2, 0) is 19.0 Å². The van der Waals surface area contributed by atoms with Crippen molar-refractivity contribution >= 4 is 5.91 Å². The van der Waals surface area contributed by atoms with Crippen molar-refractivity contribution in [3.8, 4) is 0 Å². The van der Waals surface area contributed by atoms with Crippen molar-refractivity contribution in [2.24, 2.45) is 35.5 Å². The van der Waals surface area contributed by atoms with Crippen LogP contribution in [-0.4, -0.2) is 70.4 Å². The molecule has 13 unspecified atom stereocenters. The molecule has 3 rings (SSSR count). The van der Waals surface area contributed by atoms with Gasteiger partial charge in [0, 0.05) is 43.6 Å². The molecule has 0 aromatic carbocycles. The molecule has 8 heteroatoms. The fourth-order valence-corrected chi connectivity index (χ4v) is 7.78. The van der Waals surface area contributed by atoms with E-state index in [2.05, 4.69) is 52.1 Å². The molecular formula is C42H69NO7. The predicted molar refractivity (Wildman–Crippen MR) is 201 cm³/mol. The summed E-state index contributed by atoms with van der Waals surface area (Å²) in [4.78, 5) is 12.8. The number of carbonyl (C=O) groups excluding carboxylic acids is 1. The number of aliphatic hydroxyl groups is 3. The van der Waals surface area contributed by atoms with Crippen LogP contribution >= 0.6 is 0 Å². The van der Waals surface area contributed by atoms with Crippen LogP contribution in [0.2, 0.25) is 0 Å². The first-order chi connectivity index (χ1) is 23.6. The third-order valence-corrected chi connectivity index (χ3v) is 11.9. The lowest BCUT2D eigenvalue weighted by Crippen LogP contribution is -2.64. The van der Waals surface area contributed by atoms with Gasteiger partial charge in [-0.1, -0.05) is 90.2 Å². The minimum absolute atomic E-state index is 0.0193. The minimum atomic E-state index is -0.787. The smallest absolute Gasteiger partial charge is 0.225 e. The normalized spacial score (nSPS) is 35.7. The van der Waals surface area contributed by atoms with Gasteiger partial charge < -0.3 is 34.8 Å². The molecule has 8 nitrogen and oxygen atoms in total. The third-order valence-electron chi connectivity index (χ3n) is 11.9. The van der Waals surface area contributed by atoms with Gasteiger partial charge in [-0.05, 0) is 82.3 Å². The number of aliphatic hydroxyl groups excluding tert-OH is 3. The maximum absolute atomic E-state index is 12.8. The summed E-state index contributed by atoms with van der Waals surface area (Å²) < 4.78 is 18.5. The number of rotatable bonds is 16. The molecule has 0 saturated carbocycles. The minimum Gasteiger partial charge on any atom is -0.393 e. The zero-order valence-corrected chi connectivity index (χ0v) is 32.6. The van der Waals surface area contributed by atoms with Crippen molar-refractivity contribution in [1.29, 1.82) is 0 Å². The van der Waals surface area contributed by atoms with Gasteiger partial charge in [0.1, 0.15) is 0 Å². The van der Waals surface area contributed by atoms with Crippen molar-refractivity contribution in [2.75, 3.05) is 7.11 Å². The Labute approximate surface area is 303 Å². The van der Waals surface area contributed by atoms with E-state index in [0.29, 0.717) is 18.8 Å². The van der Waals surface area contributed by atoms with Gasteiger partial charge in [-0.15, -0.1) is 0 Å². The number of amides is 1. The van der Waals surface area contributed by atoms with Gasteiger partial charge in [0.05, 0.1) is 30.5 Å². The lowest BCUT2D eigenvalue weighted by atomic mass is 9.75. The average molecular weight is 700 g/mol. The van der Waals surface area contributed by atoms with E-state index in [9.17, 15) is 20.1 Å². The van der Waals surface area contributed by atoms with Crippen LogP contribution in [0.15, 0.2) is 59.8 Å². The van der Waals surface area contributed by atoms with Crippen molar-refractivity contribution in [2.45, 2.75) is 156 Å². The first kappa shape index (κ1) is 42.3. The van der Waals surface area contributed by atoms with Gasteiger partial charge >= 0.3 is 0 Å². The van der Waals surface area contributed by atoms with Gasteiger partial charge in [-0.25, -0.2) is 0 Å². The van der Waals surface area contributed by atoms with Crippen molar-refractivity contribution in [3.05, 3.63) is 59.8 Å². The highest BCUT2D eigenvalue weighted by Gasteiger charge is 2.50. The Morgan fingerprint density at radius 2 is 1.84 bits per heavy atom. The van der Waals surface area contributed by atoms with Gasteiger partial charge in [0.2, 0.25) is 5.91 Å². The molecule has 2 saturated heterocycles. The monoisotopic (exact) mass is 700 g/mol. The highest BCUT2D eigenvalue weighted by Crippen LogP contribution is 2.43. The zero-order valence-electron chi connectivity index (χ0n) is 32.6. The molecular weight excluding hydrogens is 630 g/mol. The van der Waals surface area contributed by atoms with Crippen LogP contribution in [0.4, 0.5) is 0 Å². The van der Waals surface area contributed by atoms with E-state index in [1.54, 1.807) is 13.2 Å². The summed E-state index contributed by atoms with van der Waals surface area (Å²) in [5.41, 5.74) is 1.14. The van der Waals surface area contributed by atoms with Gasteiger partial charge in [-0.3, -0.25) is 4.79 Å². The van der Waals surface area contributed by atoms with Crippen molar-refractivity contribution in [1.82, 2.24) is 5.32 Å². The lowest BCUT2D eigenvalue weighted by molar-refractivity contribution is -0.281.